The van der Waals surface area contributed by atoms with E-state index in [-0.39, 0.29) is 29.3 Å². The summed E-state index contributed by atoms with van der Waals surface area (Å²) >= 11 is 0. The summed E-state index contributed by atoms with van der Waals surface area (Å²) in [6.45, 7) is 1.33. The highest BCUT2D eigenvalue weighted by Crippen LogP contribution is 2.46. The Kier molecular flexibility index (Phi) is 4.05. The van der Waals surface area contributed by atoms with Crippen molar-refractivity contribution in [3.05, 3.63) is 29.8 Å². The number of amides is 1. The molecule has 3 saturated heterocycles. The molecule has 1 aromatic rings. The molecule has 0 aliphatic carbocycles. The number of rotatable bonds is 3. The molecule has 3 aliphatic rings. The number of sulfonamides is 1. The van der Waals surface area contributed by atoms with Gasteiger partial charge in [-0.1, -0.05) is 12.1 Å². The molecule has 3 aliphatic heterocycles. The van der Waals surface area contributed by atoms with E-state index in [9.17, 15) is 18.0 Å². The summed E-state index contributed by atoms with van der Waals surface area (Å²) in [7, 11) is -2.78. The molecule has 0 radical (unpaired) electrons. The van der Waals surface area contributed by atoms with Crippen molar-refractivity contribution in [2.75, 3.05) is 26.8 Å². The Labute approximate surface area is 151 Å². The lowest BCUT2D eigenvalue weighted by Gasteiger charge is -2.42. The summed E-state index contributed by atoms with van der Waals surface area (Å²) in [5.74, 6) is -0.799. The van der Waals surface area contributed by atoms with Crippen LogP contribution < -0.4 is 0 Å². The Balaban J connectivity index is 1.75. The van der Waals surface area contributed by atoms with Gasteiger partial charge in [0, 0.05) is 25.9 Å². The molecule has 1 amide bonds. The van der Waals surface area contributed by atoms with Crippen molar-refractivity contribution >= 4 is 21.9 Å². The minimum Gasteiger partial charge on any atom is -0.465 e. The van der Waals surface area contributed by atoms with E-state index in [1.165, 1.54) is 23.5 Å². The molecule has 4 rings (SSSR count). The van der Waals surface area contributed by atoms with E-state index in [1.54, 1.807) is 17.0 Å². The third kappa shape index (κ3) is 2.30. The molecule has 8 nitrogen and oxygen atoms in total. The number of carbonyl (C=O) groups is 2. The molecule has 0 unspecified atom stereocenters. The zero-order valence-corrected chi connectivity index (χ0v) is 15.2. The molecule has 26 heavy (non-hydrogen) atoms. The van der Waals surface area contributed by atoms with E-state index >= 15 is 0 Å². The maximum absolute atomic E-state index is 13.3. The fourth-order valence-corrected chi connectivity index (χ4v) is 6.14. The van der Waals surface area contributed by atoms with Crippen LogP contribution in [0.1, 0.15) is 29.6 Å². The van der Waals surface area contributed by atoms with Gasteiger partial charge in [-0.2, -0.15) is 4.31 Å². The summed E-state index contributed by atoms with van der Waals surface area (Å²) < 4.78 is 38.6. The SMILES string of the molecule is COC(=O)c1ccccc1S(=O)(=O)N1CC[C@@]23OCCCN2C(=O)C[C@@H]13. The smallest absolute Gasteiger partial charge is 0.339 e. The standard InChI is InChI=1S/C17H20N2O6S/c1-24-16(21)12-5-2-3-6-13(12)26(22,23)19-9-7-17-14(19)11-15(20)18(17)8-4-10-25-17/h2-3,5-6,14H,4,7-11H2,1H3/t14-,17+/m1/s1. The predicted octanol–water partition coefficient (Wildman–Crippen LogP) is 0.585. The third-order valence-electron chi connectivity index (χ3n) is 5.44. The number of benzene rings is 1. The van der Waals surface area contributed by atoms with Gasteiger partial charge >= 0.3 is 5.97 Å². The first-order chi connectivity index (χ1) is 12.4. The maximum Gasteiger partial charge on any atom is 0.339 e. The second kappa shape index (κ2) is 6.04. The lowest BCUT2D eigenvalue weighted by Crippen LogP contribution is -2.56. The van der Waals surface area contributed by atoms with Gasteiger partial charge in [0.15, 0.2) is 5.72 Å². The monoisotopic (exact) mass is 380 g/mol. The molecule has 3 heterocycles. The van der Waals surface area contributed by atoms with E-state index in [4.69, 9.17) is 9.47 Å². The zero-order chi connectivity index (χ0) is 18.5. The molecule has 1 aromatic carbocycles. The van der Waals surface area contributed by atoms with Gasteiger partial charge in [0.05, 0.1) is 30.2 Å². The van der Waals surface area contributed by atoms with Crippen molar-refractivity contribution in [1.82, 2.24) is 9.21 Å². The molecule has 0 N–H and O–H groups in total. The van der Waals surface area contributed by atoms with Crippen molar-refractivity contribution in [2.24, 2.45) is 0 Å². The van der Waals surface area contributed by atoms with E-state index in [2.05, 4.69) is 0 Å². The summed E-state index contributed by atoms with van der Waals surface area (Å²) in [5, 5.41) is 0. The van der Waals surface area contributed by atoms with Crippen molar-refractivity contribution in [3.63, 3.8) is 0 Å². The number of methoxy groups -OCH3 is 1. The van der Waals surface area contributed by atoms with Crippen molar-refractivity contribution in [1.29, 1.82) is 0 Å². The lowest BCUT2D eigenvalue weighted by atomic mass is 10.0. The topological polar surface area (TPSA) is 93.2 Å². The summed E-state index contributed by atoms with van der Waals surface area (Å²) in [6.07, 6.45) is 1.28. The molecule has 140 valence electrons. The summed E-state index contributed by atoms with van der Waals surface area (Å²) in [6, 6.07) is 5.39. The van der Waals surface area contributed by atoms with Gasteiger partial charge in [0.25, 0.3) is 0 Å². The van der Waals surface area contributed by atoms with Gasteiger partial charge in [-0.05, 0) is 18.6 Å². The first kappa shape index (κ1) is 17.4. The van der Waals surface area contributed by atoms with Gasteiger partial charge in [-0.3, -0.25) is 4.79 Å². The zero-order valence-electron chi connectivity index (χ0n) is 14.4. The Morgan fingerprint density at radius 1 is 1.31 bits per heavy atom. The maximum atomic E-state index is 13.3. The van der Waals surface area contributed by atoms with E-state index < -0.39 is 27.8 Å². The number of esters is 1. The van der Waals surface area contributed by atoms with E-state index in [0.29, 0.717) is 19.6 Å². The normalized spacial score (nSPS) is 28.7. The molecule has 3 fully saturated rings. The number of hydrogen-bond donors (Lipinski definition) is 0. The van der Waals surface area contributed by atoms with Crippen LogP contribution in [0.2, 0.25) is 0 Å². The summed E-state index contributed by atoms with van der Waals surface area (Å²) in [4.78, 5) is 26.0. The van der Waals surface area contributed by atoms with E-state index in [1.807, 2.05) is 0 Å². The molecule has 1 spiro atoms. The van der Waals surface area contributed by atoms with Crippen LogP contribution in [-0.2, 0) is 24.3 Å². The third-order valence-corrected chi connectivity index (χ3v) is 7.41. The van der Waals surface area contributed by atoms with Crippen LogP contribution in [-0.4, -0.2) is 68.1 Å². The number of ether oxygens (including phenoxy) is 2. The highest BCUT2D eigenvalue weighted by molar-refractivity contribution is 7.89. The number of carbonyl (C=O) groups excluding carboxylic acids is 2. The molecule has 0 aromatic heterocycles. The quantitative estimate of drug-likeness (QED) is 0.713. The Morgan fingerprint density at radius 3 is 2.85 bits per heavy atom. The minimum absolute atomic E-state index is 0.0123. The summed E-state index contributed by atoms with van der Waals surface area (Å²) in [5.41, 5.74) is -0.885. The van der Waals surface area contributed by atoms with Crippen LogP contribution >= 0.6 is 0 Å². The fourth-order valence-electron chi connectivity index (χ4n) is 4.30. The van der Waals surface area contributed by atoms with E-state index in [0.717, 1.165) is 6.42 Å². The molecule has 2 atom stereocenters. The fraction of sp³-hybridized carbons (Fsp3) is 0.529. The highest BCUT2D eigenvalue weighted by atomic mass is 32.2. The lowest BCUT2D eigenvalue weighted by molar-refractivity contribution is -0.178. The average Bonchev–Trinajstić information content (AvgIpc) is 3.13. The van der Waals surface area contributed by atoms with Crippen LogP contribution in [0.25, 0.3) is 0 Å². The Hall–Kier alpha value is -1.97. The average molecular weight is 380 g/mol. The minimum atomic E-state index is -3.98. The highest BCUT2D eigenvalue weighted by Gasteiger charge is 2.63. The van der Waals surface area contributed by atoms with Crippen molar-refractivity contribution in [3.8, 4) is 0 Å². The molecular formula is C17H20N2O6S. The largest absolute Gasteiger partial charge is 0.465 e. The van der Waals surface area contributed by atoms with Gasteiger partial charge in [0.1, 0.15) is 0 Å². The molecular weight excluding hydrogens is 360 g/mol. The molecule has 0 bridgehead atoms. The second-order valence-corrected chi connectivity index (χ2v) is 8.52. The van der Waals surface area contributed by atoms with Gasteiger partial charge < -0.3 is 14.4 Å². The Morgan fingerprint density at radius 2 is 2.08 bits per heavy atom. The van der Waals surface area contributed by atoms with Gasteiger partial charge in [-0.15, -0.1) is 0 Å². The van der Waals surface area contributed by atoms with Gasteiger partial charge in [0.2, 0.25) is 15.9 Å². The first-order valence-electron chi connectivity index (χ1n) is 8.55. The van der Waals surface area contributed by atoms with Crippen molar-refractivity contribution in [2.45, 2.75) is 35.9 Å². The van der Waals surface area contributed by atoms with Crippen LogP contribution in [0.4, 0.5) is 0 Å². The number of nitrogens with zero attached hydrogens (tertiary/aromatic N) is 2. The van der Waals surface area contributed by atoms with Crippen LogP contribution in [0.15, 0.2) is 29.2 Å². The van der Waals surface area contributed by atoms with Gasteiger partial charge in [-0.25, -0.2) is 13.2 Å². The van der Waals surface area contributed by atoms with Crippen LogP contribution in [0, 0.1) is 0 Å². The number of hydrogen-bond acceptors (Lipinski definition) is 6. The Bertz CT molecular complexity index is 870. The molecule has 9 heteroatoms. The van der Waals surface area contributed by atoms with Crippen molar-refractivity contribution < 1.29 is 27.5 Å². The first-order valence-corrected chi connectivity index (χ1v) is 9.99. The van der Waals surface area contributed by atoms with Crippen LogP contribution in [0.3, 0.4) is 0 Å². The second-order valence-electron chi connectivity index (χ2n) is 6.67. The van der Waals surface area contributed by atoms with Crippen LogP contribution in [0.5, 0.6) is 0 Å². The predicted molar refractivity (Wildman–Crippen MR) is 89.7 cm³/mol. The molecule has 0 saturated carbocycles.